The molecule has 0 bridgehead atoms. The van der Waals surface area contributed by atoms with E-state index in [0.717, 1.165) is 19.3 Å². The summed E-state index contributed by atoms with van der Waals surface area (Å²) in [5, 5.41) is 17.6. The molecule has 142 valence electrons. The highest BCUT2D eigenvalue weighted by atomic mass is 16.4. The van der Waals surface area contributed by atoms with Gasteiger partial charge in [0, 0.05) is 12.8 Å². The van der Waals surface area contributed by atoms with E-state index >= 15 is 0 Å². The number of carboxylic acid groups (broad SMARTS) is 2. The average Bonchev–Trinajstić information content (AvgIpc) is 2.52. The van der Waals surface area contributed by atoms with Gasteiger partial charge in [-0.2, -0.15) is 0 Å². The molecule has 0 aliphatic heterocycles. The summed E-state index contributed by atoms with van der Waals surface area (Å²) >= 11 is 0. The normalized spacial score (nSPS) is 12.2. The molecule has 0 saturated carbocycles. The first-order chi connectivity index (χ1) is 11.6. The first-order valence-corrected chi connectivity index (χ1v) is 9.99. The predicted molar refractivity (Wildman–Crippen MR) is 98.3 cm³/mol. The Bertz CT molecular complexity index is 315. The molecule has 0 heterocycles. The molecule has 0 fully saturated rings. The summed E-state index contributed by atoms with van der Waals surface area (Å²) in [5.41, 5.74) is 0. The summed E-state index contributed by atoms with van der Waals surface area (Å²) in [6, 6.07) is 0. The summed E-state index contributed by atoms with van der Waals surface area (Å²) in [5.74, 6) is -1.63. The molecule has 0 amide bonds. The van der Waals surface area contributed by atoms with Crippen molar-refractivity contribution in [2.45, 2.75) is 110 Å². The fourth-order valence-corrected chi connectivity index (χ4v) is 3.20. The largest absolute Gasteiger partial charge is 0.481 e. The van der Waals surface area contributed by atoms with E-state index in [4.69, 9.17) is 10.2 Å². The maximum atomic E-state index is 10.8. The summed E-state index contributed by atoms with van der Waals surface area (Å²) in [7, 11) is 0. The number of rotatable bonds is 18. The average molecular weight is 343 g/mol. The van der Waals surface area contributed by atoms with E-state index in [1.165, 1.54) is 64.2 Å². The second-order valence-corrected chi connectivity index (χ2v) is 7.07. The Hall–Kier alpha value is -1.06. The van der Waals surface area contributed by atoms with Crippen LogP contribution in [0.25, 0.3) is 0 Å². The van der Waals surface area contributed by atoms with E-state index in [9.17, 15) is 9.59 Å². The zero-order valence-corrected chi connectivity index (χ0v) is 15.6. The highest BCUT2D eigenvalue weighted by molar-refractivity contribution is 5.68. The molecule has 0 rings (SSSR count). The lowest BCUT2D eigenvalue weighted by atomic mass is 9.92. The minimum absolute atomic E-state index is 0.0155. The SMILES string of the molecule is CCCCCCCCCCCCCCC(CCC(=O)O)CC(=O)O. The Morgan fingerprint density at radius 2 is 1.12 bits per heavy atom. The van der Waals surface area contributed by atoms with Gasteiger partial charge in [0.2, 0.25) is 0 Å². The van der Waals surface area contributed by atoms with Crippen molar-refractivity contribution < 1.29 is 19.8 Å². The summed E-state index contributed by atoms with van der Waals surface area (Å²) < 4.78 is 0. The first-order valence-electron chi connectivity index (χ1n) is 9.99. The molecule has 1 atom stereocenters. The Morgan fingerprint density at radius 3 is 1.54 bits per heavy atom. The quantitative estimate of drug-likeness (QED) is 0.298. The number of unbranched alkanes of at least 4 members (excludes halogenated alkanes) is 11. The minimum Gasteiger partial charge on any atom is -0.481 e. The van der Waals surface area contributed by atoms with Gasteiger partial charge in [-0.05, 0) is 18.8 Å². The molecule has 0 spiro atoms. The van der Waals surface area contributed by atoms with E-state index in [-0.39, 0.29) is 18.8 Å². The van der Waals surface area contributed by atoms with Gasteiger partial charge in [0.1, 0.15) is 0 Å². The van der Waals surface area contributed by atoms with Crippen LogP contribution in [0.15, 0.2) is 0 Å². The fraction of sp³-hybridized carbons (Fsp3) is 0.900. The zero-order valence-electron chi connectivity index (χ0n) is 15.6. The zero-order chi connectivity index (χ0) is 18.0. The molecule has 0 aromatic rings. The van der Waals surface area contributed by atoms with Crippen LogP contribution in [0.5, 0.6) is 0 Å². The van der Waals surface area contributed by atoms with Gasteiger partial charge in [0.05, 0.1) is 0 Å². The highest BCUT2D eigenvalue weighted by Gasteiger charge is 2.14. The van der Waals surface area contributed by atoms with E-state index in [2.05, 4.69) is 6.92 Å². The molecule has 24 heavy (non-hydrogen) atoms. The second kappa shape index (κ2) is 16.8. The van der Waals surface area contributed by atoms with Crippen LogP contribution in [0.2, 0.25) is 0 Å². The molecule has 1 unspecified atom stereocenters. The van der Waals surface area contributed by atoms with Crippen molar-refractivity contribution in [3.8, 4) is 0 Å². The van der Waals surface area contributed by atoms with Crippen LogP contribution in [0.3, 0.4) is 0 Å². The second-order valence-electron chi connectivity index (χ2n) is 7.07. The van der Waals surface area contributed by atoms with Gasteiger partial charge in [-0.3, -0.25) is 9.59 Å². The van der Waals surface area contributed by atoms with E-state index in [1.807, 2.05) is 0 Å². The maximum Gasteiger partial charge on any atom is 0.303 e. The smallest absolute Gasteiger partial charge is 0.303 e. The fourth-order valence-electron chi connectivity index (χ4n) is 3.20. The van der Waals surface area contributed by atoms with Crippen LogP contribution < -0.4 is 0 Å². The number of hydrogen-bond acceptors (Lipinski definition) is 2. The van der Waals surface area contributed by atoms with E-state index < -0.39 is 11.9 Å². The summed E-state index contributed by atoms with van der Waals surface area (Å²) in [4.78, 5) is 21.4. The molecule has 4 nitrogen and oxygen atoms in total. The highest BCUT2D eigenvalue weighted by Crippen LogP contribution is 2.20. The van der Waals surface area contributed by atoms with Gasteiger partial charge >= 0.3 is 11.9 Å². The molecule has 0 aliphatic rings. The third kappa shape index (κ3) is 17.3. The van der Waals surface area contributed by atoms with Crippen molar-refractivity contribution in [3.05, 3.63) is 0 Å². The lowest BCUT2D eigenvalue weighted by Gasteiger charge is -2.13. The molecule has 0 aliphatic carbocycles. The number of aliphatic carboxylic acids is 2. The van der Waals surface area contributed by atoms with Gasteiger partial charge < -0.3 is 10.2 Å². The van der Waals surface area contributed by atoms with Gasteiger partial charge in [-0.25, -0.2) is 0 Å². The number of carboxylic acids is 2. The lowest BCUT2D eigenvalue weighted by molar-refractivity contribution is -0.140. The van der Waals surface area contributed by atoms with Crippen molar-refractivity contribution in [1.29, 1.82) is 0 Å². The van der Waals surface area contributed by atoms with Gasteiger partial charge in [-0.1, -0.05) is 84.0 Å². The molecule has 0 saturated heterocycles. The third-order valence-electron chi connectivity index (χ3n) is 4.70. The molecular weight excluding hydrogens is 304 g/mol. The van der Waals surface area contributed by atoms with Crippen molar-refractivity contribution in [3.63, 3.8) is 0 Å². The van der Waals surface area contributed by atoms with Crippen molar-refractivity contribution in [1.82, 2.24) is 0 Å². The van der Waals surface area contributed by atoms with Crippen molar-refractivity contribution >= 4 is 11.9 Å². The van der Waals surface area contributed by atoms with Gasteiger partial charge in [0.25, 0.3) is 0 Å². The van der Waals surface area contributed by atoms with Gasteiger partial charge in [-0.15, -0.1) is 0 Å². The minimum atomic E-state index is -0.833. The van der Waals surface area contributed by atoms with Crippen LogP contribution in [0, 0.1) is 5.92 Å². The Labute approximate surface area is 148 Å². The van der Waals surface area contributed by atoms with Crippen LogP contribution in [0.1, 0.15) is 110 Å². The molecular formula is C20H38O4. The Kier molecular flexibility index (Phi) is 16.0. The monoisotopic (exact) mass is 342 g/mol. The topological polar surface area (TPSA) is 74.6 Å². The molecule has 2 N–H and O–H groups in total. The van der Waals surface area contributed by atoms with Crippen LogP contribution in [-0.2, 0) is 9.59 Å². The molecule has 0 aromatic carbocycles. The summed E-state index contributed by atoms with van der Waals surface area (Å²) in [6.45, 7) is 2.25. The lowest BCUT2D eigenvalue weighted by Crippen LogP contribution is -2.10. The molecule has 0 radical (unpaired) electrons. The molecule has 4 heteroatoms. The standard InChI is InChI=1S/C20H38O4/c1-2-3-4-5-6-7-8-9-10-11-12-13-14-18(17-20(23)24)15-16-19(21)22/h18H,2-17H2,1H3,(H,21,22)(H,23,24). The third-order valence-corrected chi connectivity index (χ3v) is 4.70. The number of carbonyl (C=O) groups is 2. The first kappa shape index (κ1) is 22.9. The van der Waals surface area contributed by atoms with Crippen LogP contribution >= 0.6 is 0 Å². The number of hydrogen-bond donors (Lipinski definition) is 2. The van der Waals surface area contributed by atoms with Crippen LogP contribution in [0.4, 0.5) is 0 Å². The predicted octanol–water partition coefficient (Wildman–Crippen LogP) is 6.03. The van der Waals surface area contributed by atoms with Crippen molar-refractivity contribution in [2.75, 3.05) is 0 Å². The maximum absolute atomic E-state index is 10.8. The van der Waals surface area contributed by atoms with E-state index in [1.54, 1.807) is 0 Å². The van der Waals surface area contributed by atoms with Crippen molar-refractivity contribution in [2.24, 2.45) is 5.92 Å². The van der Waals surface area contributed by atoms with Crippen LogP contribution in [-0.4, -0.2) is 22.2 Å². The van der Waals surface area contributed by atoms with Gasteiger partial charge in [0.15, 0.2) is 0 Å². The Balaban J connectivity index is 3.47. The Morgan fingerprint density at radius 1 is 0.667 bits per heavy atom. The molecule has 0 aromatic heterocycles. The van der Waals surface area contributed by atoms with E-state index in [0.29, 0.717) is 6.42 Å². The summed E-state index contributed by atoms with van der Waals surface area (Å²) in [6.07, 6.45) is 17.0.